The average Bonchev–Trinajstić information content (AvgIpc) is 3.15. The van der Waals surface area contributed by atoms with E-state index in [0.717, 1.165) is 11.3 Å². The lowest BCUT2D eigenvalue weighted by atomic mass is 9.87. The summed E-state index contributed by atoms with van der Waals surface area (Å²) in [5.41, 5.74) is 4.31. The zero-order valence-corrected chi connectivity index (χ0v) is 19.8. The number of benzene rings is 3. The molecule has 1 N–H and O–H groups in total. The van der Waals surface area contributed by atoms with Crippen molar-refractivity contribution in [2.75, 3.05) is 16.0 Å². The molecule has 1 saturated heterocycles. The SMILES string of the molecule is CC(C)(C)c1ccc(N2C(=O)CS[C@H]2c2ccc(NC(=O)c3ccccc3Cl)cc2)cc1. The number of thioether (sulfide) groups is 1. The van der Waals surface area contributed by atoms with Gasteiger partial charge in [-0.1, -0.05) is 68.8 Å². The number of nitrogens with zero attached hydrogens (tertiary/aromatic N) is 1. The van der Waals surface area contributed by atoms with E-state index < -0.39 is 0 Å². The summed E-state index contributed by atoms with van der Waals surface area (Å²) in [6, 6.07) is 22.8. The van der Waals surface area contributed by atoms with Crippen molar-refractivity contribution in [3.63, 3.8) is 0 Å². The molecule has 32 heavy (non-hydrogen) atoms. The number of anilines is 2. The van der Waals surface area contributed by atoms with Gasteiger partial charge in [-0.2, -0.15) is 0 Å². The van der Waals surface area contributed by atoms with Crippen LogP contribution in [0, 0.1) is 0 Å². The standard InChI is InChI=1S/C26H25ClN2O2S/c1-26(2,3)18-10-14-20(15-11-18)29-23(30)16-32-25(29)17-8-12-19(13-9-17)28-24(31)21-6-4-5-7-22(21)27/h4-15,25H,16H2,1-3H3,(H,28,31)/t25-/m0/s1. The highest BCUT2D eigenvalue weighted by Gasteiger charge is 2.34. The highest BCUT2D eigenvalue weighted by molar-refractivity contribution is 8.00. The van der Waals surface area contributed by atoms with Crippen LogP contribution in [-0.2, 0) is 10.2 Å². The van der Waals surface area contributed by atoms with Gasteiger partial charge < -0.3 is 5.32 Å². The summed E-state index contributed by atoms with van der Waals surface area (Å²) in [6.45, 7) is 6.52. The minimum atomic E-state index is -0.255. The molecule has 4 nitrogen and oxygen atoms in total. The highest BCUT2D eigenvalue weighted by atomic mass is 35.5. The van der Waals surface area contributed by atoms with Gasteiger partial charge in [0.1, 0.15) is 5.37 Å². The molecule has 1 aliphatic heterocycles. The van der Waals surface area contributed by atoms with Crippen molar-refractivity contribution in [1.82, 2.24) is 0 Å². The number of hydrogen-bond acceptors (Lipinski definition) is 3. The first-order valence-electron chi connectivity index (χ1n) is 10.4. The Labute approximate surface area is 198 Å². The first-order valence-corrected chi connectivity index (χ1v) is 11.9. The number of carbonyl (C=O) groups is 2. The number of amides is 2. The van der Waals surface area contributed by atoms with E-state index in [1.54, 1.807) is 36.0 Å². The summed E-state index contributed by atoms with van der Waals surface area (Å²) in [5, 5.41) is 3.19. The average molecular weight is 465 g/mol. The summed E-state index contributed by atoms with van der Waals surface area (Å²) < 4.78 is 0. The predicted molar refractivity (Wildman–Crippen MR) is 134 cm³/mol. The van der Waals surface area contributed by atoms with Crippen LogP contribution in [0.1, 0.15) is 47.6 Å². The van der Waals surface area contributed by atoms with Gasteiger partial charge in [0.25, 0.3) is 5.91 Å². The van der Waals surface area contributed by atoms with Gasteiger partial charge in [-0.3, -0.25) is 14.5 Å². The first-order chi connectivity index (χ1) is 15.2. The van der Waals surface area contributed by atoms with Crippen LogP contribution in [-0.4, -0.2) is 17.6 Å². The molecule has 0 bridgehead atoms. The molecule has 0 unspecified atom stereocenters. The molecular weight excluding hydrogens is 440 g/mol. The van der Waals surface area contributed by atoms with Gasteiger partial charge in [-0.15, -0.1) is 11.8 Å². The third-order valence-electron chi connectivity index (χ3n) is 5.45. The zero-order chi connectivity index (χ0) is 22.9. The smallest absolute Gasteiger partial charge is 0.257 e. The minimum absolute atomic E-state index is 0.0615. The van der Waals surface area contributed by atoms with Crippen molar-refractivity contribution in [2.24, 2.45) is 0 Å². The molecule has 0 aliphatic carbocycles. The summed E-state index contributed by atoms with van der Waals surface area (Å²) in [6.07, 6.45) is 0. The molecule has 2 amide bonds. The van der Waals surface area contributed by atoms with Crippen molar-refractivity contribution in [1.29, 1.82) is 0 Å². The zero-order valence-electron chi connectivity index (χ0n) is 18.3. The maximum Gasteiger partial charge on any atom is 0.257 e. The third-order valence-corrected chi connectivity index (χ3v) is 6.99. The van der Waals surface area contributed by atoms with Gasteiger partial charge in [0, 0.05) is 11.4 Å². The lowest BCUT2D eigenvalue weighted by Gasteiger charge is -2.26. The van der Waals surface area contributed by atoms with Gasteiger partial charge >= 0.3 is 0 Å². The van der Waals surface area contributed by atoms with Crippen LogP contribution in [0.5, 0.6) is 0 Å². The second-order valence-electron chi connectivity index (χ2n) is 8.78. The molecule has 0 aromatic heterocycles. The van der Waals surface area contributed by atoms with Crippen LogP contribution in [0.4, 0.5) is 11.4 Å². The van der Waals surface area contributed by atoms with Crippen LogP contribution in [0.25, 0.3) is 0 Å². The van der Waals surface area contributed by atoms with E-state index in [1.165, 1.54) is 5.56 Å². The van der Waals surface area contributed by atoms with E-state index in [0.29, 0.717) is 22.0 Å². The molecule has 0 saturated carbocycles. The molecule has 0 radical (unpaired) electrons. The number of hydrogen-bond donors (Lipinski definition) is 1. The first kappa shape index (κ1) is 22.4. The van der Waals surface area contributed by atoms with Crippen molar-refractivity contribution in [3.05, 3.63) is 94.5 Å². The van der Waals surface area contributed by atoms with Crippen LogP contribution in [0.2, 0.25) is 5.02 Å². The van der Waals surface area contributed by atoms with Gasteiger partial charge in [-0.25, -0.2) is 0 Å². The van der Waals surface area contributed by atoms with Gasteiger partial charge in [0.05, 0.1) is 16.3 Å². The van der Waals surface area contributed by atoms with E-state index in [-0.39, 0.29) is 22.6 Å². The Hall–Kier alpha value is -2.76. The summed E-state index contributed by atoms with van der Waals surface area (Å²) in [5.74, 6) is 0.283. The number of rotatable bonds is 4. The minimum Gasteiger partial charge on any atom is -0.322 e. The second-order valence-corrected chi connectivity index (χ2v) is 10.3. The number of carbonyl (C=O) groups excluding carboxylic acids is 2. The fraction of sp³-hybridized carbons (Fsp3) is 0.231. The van der Waals surface area contributed by atoms with E-state index >= 15 is 0 Å². The molecule has 6 heteroatoms. The molecule has 1 aliphatic rings. The lowest BCUT2D eigenvalue weighted by molar-refractivity contribution is -0.115. The fourth-order valence-electron chi connectivity index (χ4n) is 3.65. The second kappa shape index (κ2) is 9.00. The van der Waals surface area contributed by atoms with Gasteiger partial charge in [0.15, 0.2) is 0 Å². The van der Waals surface area contributed by atoms with Crippen LogP contribution < -0.4 is 10.2 Å². The monoisotopic (exact) mass is 464 g/mol. The number of nitrogens with one attached hydrogen (secondary N) is 1. The Morgan fingerprint density at radius 2 is 1.66 bits per heavy atom. The molecule has 164 valence electrons. The number of halogens is 1. The molecule has 4 rings (SSSR count). The van der Waals surface area contributed by atoms with Crippen LogP contribution >= 0.6 is 23.4 Å². The fourth-order valence-corrected chi connectivity index (χ4v) is 5.05. The molecule has 1 fully saturated rings. The van der Waals surface area contributed by atoms with Crippen molar-refractivity contribution in [2.45, 2.75) is 31.6 Å². The topological polar surface area (TPSA) is 49.4 Å². The molecular formula is C26H25ClN2O2S. The Kier molecular flexibility index (Phi) is 6.31. The Morgan fingerprint density at radius 1 is 1.00 bits per heavy atom. The summed E-state index contributed by atoms with van der Waals surface area (Å²) in [7, 11) is 0. The highest BCUT2D eigenvalue weighted by Crippen LogP contribution is 2.42. The summed E-state index contributed by atoms with van der Waals surface area (Å²) in [4.78, 5) is 27.0. The van der Waals surface area contributed by atoms with Gasteiger partial charge in [0.2, 0.25) is 5.91 Å². The van der Waals surface area contributed by atoms with Crippen LogP contribution in [0.15, 0.2) is 72.8 Å². The van der Waals surface area contributed by atoms with Crippen LogP contribution in [0.3, 0.4) is 0 Å². The maximum atomic E-state index is 12.7. The molecule has 1 heterocycles. The van der Waals surface area contributed by atoms with E-state index in [9.17, 15) is 9.59 Å². The Bertz CT molecular complexity index is 1140. The molecule has 1 atom stereocenters. The van der Waals surface area contributed by atoms with E-state index in [2.05, 4.69) is 38.2 Å². The van der Waals surface area contributed by atoms with Gasteiger partial charge in [-0.05, 0) is 52.9 Å². The Morgan fingerprint density at radius 3 is 2.28 bits per heavy atom. The van der Waals surface area contributed by atoms with Crippen molar-refractivity contribution >= 4 is 46.6 Å². The van der Waals surface area contributed by atoms with Crippen molar-refractivity contribution < 1.29 is 9.59 Å². The predicted octanol–water partition coefficient (Wildman–Crippen LogP) is 6.67. The quantitative estimate of drug-likeness (QED) is 0.469. The summed E-state index contributed by atoms with van der Waals surface area (Å²) >= 11 is 7.72. The largest absolute Gasteiger partial charge is 0.322 e. The molecule has 0 spiro atoms. The maximum absolute atomic E-state index is 12.7. The Balaban J connectivity index is 1.52. The third kappa shape index (κ3) is 4.69. The molecule has 3 aromatic rings. The van der Waals surface area contributed by atoms with Crippen molar-refractivity contribution in [3.8, 4) is 0 Å². The van der Waals surface area contributed by atoms with E-state index in [4.69, 9.17) is 11.6 Å². The van der Waals surface area contributed by atoms with E-state index in [1.807, 2.05) is 41.3 Å². The lowest BCUT2D eigenvalue weighted by Crippen LogP contribution is -2.28. The normalized spacial score (nSPS) is 16.3. The molecule has 3 aromatic carbocycles.